The Kier molecular flexibility index (Phi) is 14.4. The number of rotatable bonds is 16. The second-order valence-corrected chi connectivity index (χ2v) is 8.27. The fourth-order valence-corrected chi connectivity index (χ4v) is 3.10. The molecule has 1 atom stereocenters. The molecule has 0 rings (SSSR count). The van der Waals surface area contributed by atoms with E-state index in [-0.39, 0.29) is 0 Å². The van der Waals surface area contributed by atoms with Crippen LogP contribution in [0.15, 0.2) is 0 Å². The van der Waals surface area contributed by atoms with Crippen molar-refractivity contribution in [2.45, 2.75) is 102 Å². The second kappa shape index (κ2) is 14.5. The zero-order valence-electron chi connectivity index (χ0n) is 14.3. The standard InChI is InChI=1S/C17H36O4S/c1-17(22(19,20)21)15-13-11-9-7-5-3-2-4-6-8-10-12-14-16-18/h17-18H,2-16H2,1H3,(H,19,20,21). The van der Waals surface area contributed by atoms with Crippen molar-refractivity contribution in [3.63, 3.8) is 0 Å². The van der Waals surface area contributed by atoms with E-state index >= 15 is 0 Å². The highest BCUT2D eigenvalue weighted by Gasteiger charge is 2.15. The molecule has 0 saturated carbocycles. The minimum absolute atomic E-state index is 0.328. The van der Waals surface area contributed by atoms with Crippen LogP contribution < -0.4 is 0 Å². The summed E-state index contributed by atoms with van der Waals surface area (Å²) >= 11 is 0. The van der Waals surface area contributed by atoms with Gasteiger partial charge in [-0.1, -0.05) is 77.0 Å². The average molecular weight is 337 g/mol. The fourth-order valence-electron chi connectivity index (χ4n) is 2.64. The zero-order chi connectivity index (χ0) is 16.7. The molecule has 1 unspecified atom stereocenters. The summed E-state index contributed by atoms with van der Waals surface area (Å²) in [5.74, 6) is 0. The van der Waals surface area contributed by atoms with Crippen LogP contribution in [0.25, 0.3) is 0 Å². The van der Waals surface area contributed by atoms with Crippen LogP contribution in [-0.2, 0) is 10.1 Å². The lowest BCUT2D eigenvalue weighted by molar-refractivity contribution is 0.282. The summed E-state index contributed by atoms with van der Waals surface area (Å²) in [5.41, 5.74) is 0. The summed E-state index contributed by atoms with van der Waals surface area (Å²) in [6, 6.07) is 0. The Morgan fingerprint density at radius 3 is 1.32 bits per heavy atom. The Bertz CT molecular complexity index is 328. The molecule has 0 amide bonds. The van der Waals surface area contributed by atoms with E-state index in [4.69, 9.17) is 9.66 Å². The highest BCUT2D eigenvalue weighted by Crippen LogP contribution is 2.14. The minimum atomic E-state index is -3.83. The second-order valence-electron chi connectivity index (χ2n) is 6.43. The van der Waals surface area contributed by atoms with Crippen molar-refractivity contribution in [1.29, 1.82) is 0 Å². The van der Waals surface area contributed by atoms with Gasteiger partial charge in [-0.05, 0) is 19.8 Å². The van der Waals surface area contributed by atoms with E-state index in [1.54, 1.807) is 6.92 Å². The summed E-state index contributed by atoms with van der Waals surface area (Å²) in [6.07, 6.45) is 16.1. The summed E-state index contributed by atoms with van der Waals surface area (Å²) in [4.78, 5) is 0. The Hall–Kier alpha value is -0.130. The molecule has 0 fully saturated rings. The number of hydrogen-bond acceptors (Lipinski definition) is 3. The molecule has 0 saturated heterocycles. The van der Waals surface area contributed by atoms with Gasteiger partial charge in [0.25, 0.3) is 10.1 Å². The quantitative estimate of drug-likeness (QED) is 0.316. The van der Waals surface area contributed by atoms with E-state index in [1.165, 1.54) is 57.8 Å². The summed E-state index contributed by atoms with van der Waals surface area (Å²) in [7, 11) is -3.83. The minimum Gasteiger partial charge on any atom is -0.396 e. The van der Waals surface area contributed by atoms with E-state index in [9.17, 15) is 8.42 Å². The first-order chi connectivity index (χ1) is 10.5. The predicted octanol–water partition coefficient (Wildman–Crippen LogP) is 4.72. The molecule has 0 radical (unpaired) electrons. The molecule has 0 aromatic heterocycles. The molecular formula is C17H36O4S. The summed E-state index contributed by atoms with van der Waals surface area (Å²) in [5, 5.41) is 8.05. The van der Waals surface area contributed by atoms with Crippen molar-refractivity contribution in [3.8, 4) is 0 Å². The third-order valence-corrected chi connectivity index (χ3v) is 5.53. The smallest absolute Gasteiger partial charge is 0.267 e. The SMILES string of the molecule is CC(CCCCCCCCCCCCCCCO)S(=O)(=O)O. The zero-order valence-corrected chi connectivity index (χ0v) is 15.1. The van der Waals surface area contributed by atoms with Gasteiger partial charge in [-0.25, -0.2) is 0 Å². The molecule has 4 nitrogen and oxygen atoms in total. The maximum absolute atomic E-state index is 10.8. The average Bonchev–Trinajstić information content (AvgIpc) is 2.46. The topological polar surface area (TPSA) is 74.6 Å². The van der Waals surface area contributed by atoms with Gasteiger partial charge in [0.2, 0.25) is 0 Å². The lowest BCUT2D eigenvalue weighted by atomic mass is 10.0. The van der Waals surface area contributed by atoms with Gasteiger partial charge >= 0.3 is 0 Å². The van der Waals surface area contributed by atoms with Crippen LogP contribution in [-0.4, -0.2) is 29.9 Å². The maximum atomic E-state index is 10.8. The van der Waals surface area contributed by atoms with Crippen LogP contribution in [0.2, 0.25) is 0 Å². The predicted molar refractivity (Wildman–Crippen MR) is 92.7 cm³/mol. The van der Waals surface area contributed by atoms with Gasteiger partial charge in [-0.15, -0.1) is 0 Å². The van der Waals surface area contributed by atoms with E-state index in [0.717, 1.165) is 25.7 Å². The van der Waals surface area contributed by atoms with Crippen LogP contribution in [0.3, 0.4) is 0 Å². The van der Waals surface area contributed by atoms with Gasteiger partial charge in [0, 0.05) is 6.61 Å². The Morgan fingerprint density at radius 2 is 1.00 bits per heavy atom. The van der Waals surface area contributed by atoms with Crippen molar-refractivity contribution in [2.75, 3.05) is 6.61 Å². The number of aliphatic hydroxyl groups excluding tert-OH is 1. The Labute approximate surface area is 137 Å². The van der Waals surface area contributed by atoms with E-state index in [2.05, 4.69) is 0 Å². The third-order valence-electron chi connectivity index (χ3n) is 4.28. The molecule has 0 aliphatic heterocycles. The summed E-state index contributed by atoms with van der Waals surface area (Å²) < 4.78 is 30.5. The van der Waals surface area contributed by atoms with Gasteiger partial charge in [0.1, 0.15) is 0 Å². The van der Waals surface area contributed by atoms with Gasteiger partial charge in [0.15, 0.2) is 0 Å². The van der Waals surface area contributed by atoms with Crippen LogP contribution in [0.5, 0.6) is 0 Å². The molecule has 2 N–H and O–H groups in total. The third kappa shape index (κ3) is 14.8. The molecule has 0 aromatic rings. The first-order valence-corrected chi connectivity index (χ1v) is 10.6. The molecule has 134 valence electrons. The van der Waals surface area contributed by atoms with Gasteiger partial charge in [-0.3, -0.25) is 4.55 Å². The first kappa shape index (κ1) is 21.9. The molecule has 0 aliphatic rings. The van der Waals surface area contributed by atoms with Crippen molar-refractivity contribution in [3.05, 3.63) is 0 Å². The Morgan fingerprint density at radius 1 is 0.682 bits per heavy atom. The number of aliphatic hydroxyl groups is 1. The fraction of sp³-hybridized carbons (Fsp3) is 1.00. The van der Waals surface area contributed by atoms with Crippen LogP contribution in [0, 0.1) is 0 Å². The monoisotopic (exact) mass is 336 g/mol. The molecule has 22 heavy (non-hydrogen) atoms. The van der Waals surface area contributed by atoms with E-state index in [1.807, 2.05) is 0 Å². The van der Waals surface area contributed by atoms with Crippen molar-refractivity contribution in [1.82, 2.24) is 0 Å². The van der Waals surface area contributed by atoms with Crippen molar-refractivity contribution < 1.29 is 18.1 Å². The number of unbranched alkanes of at least 4 members (excludes halogenated alkanes) is 12. The van der Waals surface area contributed by atoms with Crippen molar-refractivity contribution in [2.24, 2.45) is 0 Å². The van der Waals surface area contributed by atoms with E-state index < -0.39 is 15.4 Å². The molecular weight excluding hydrogens is 300 g/mol. The highest BCUT2D eigenvalue weighted by atomic mass is 32.2. The molecule has 5 heteroatoms. The normalized spacial score (nSPS) is 13.4. The lowest BCUT2D eigenvalue weighted by Gasteiger charge is -2.07. The van der Waals surface area contributed by atoms with E-state index in [0.29, 0.717) is 13.0 Å². The van der Waals surface area contributed by atoms with Gasteiger partial charge in [-0.2, -0.15) is 8.42 Å². The summed E-state index contributed by atoms with van der Waals surface area (Å²) in [6.45, 7) is 1.90. The van der Waals surface area contributed by atoms with Gasteiger partial charge in [0.05, 0.1) is 5.25 Å². The van der Waals surface area contributed by atoms with Gasteiger partial charge < -0.3 is 5.11 Å². The van der Waals surface area contributed by atoms with Crippen LogP contribution in [0.4, 0.5) is 0 Å². The van der Waals surface area contributed by atoms with Crippen LogP contribution >= 0.6 is 0 Å². The largest absolute Gasteiger partial charge is 0.396 e. The molecule has 0 bridgehead atoms. The molecule has 0 aliphatic carbocycles. The highest BCUT2D eigenvalue weighted by molar-refractivity contribution is 7.86. The van der Waals surface area contributed by atoms with Crippen LogP contribution in [0.1, 0.15) is 96.8 Å². The lowest BCUT2D eigenvalue weighted by Crippen LogP contribution is -2.16. The maximum Gasteiger partial charge on any atom is 0.267 e. The Balaban J connectivity index is 3.15. The molecule has 0 aromatic carbocycles. The number of hydrogen-bond donors (Lipinski definition) is 2. The molecule has 0 heterocycles. The van der Waals surface area contributed by atoms with Crippen molar-refractivity contribution >= 4 is 10.1 Å². The molecule has 0 spiro atoms. The first-order valence-electron chi connectivity index (χ1n) is 9.05.